The van der Waals surface area contributed by atoms with Crippen molar-refractivity contribution in [3.8, 4) is 11.5 Å². The molecule has 0 amide bonds. The fraction of sp³-hybridized carbons (Fsp3) is 0.500. The number of anilines is 3. The molecule has 34 heavy (non-hydrogen) atoms. The van der Waals surface area contributed by atoms with Crippen LogP contribution in [-0.4, -0.2) is 57.7 Å². The Labute approximate surface area is 199 Å². The van der Waals surface area contributed by atoms with Crippen LogP contribution in [0.5, 0.6) is 11.5 Å². The molecule has 0 saturated carbocycles. The van der Waals surface area contributed by atoms with E-state index in [2.05, 4.69) is 10.6 Å². The van der Waals surface area contributed by atoms with Gasteiger partial charge in [0.15, 0.2) is 5.69 Å². The normalized spacial score (nSPS) is 19.1. The topological polar surface area (TPSA) is 130 Å². The number of nitrogens with one attached hydrogen (secondary N) is 2. The van der Waals surface area contributed by atoms with Crippen molar-refractivity contribution < 1.29 is 23.9 Å². The molecule has 2 heterocycles. The van der Waals surface area contributed by atoms with E-state index in [-0.39, 0.29) is 17.9 Å². The van der Waals surface area contributed by atoms with Crippen LogP contribution in [0.1, 0.15) is 25.7 Å². The first-order valence-electron chi connectivity index (χ1n) is 11.5. The van der Waals surface area contributed by atoms with Gasteiger partial charge in [0.05, 0.1) is 28.5 Å². The lowest BCUT2D eigenvalue weighted by Crippen LogP contribution is -2.16. The zero-order valence-corrected chi connectivity index (χ0v) is 19.7. The summed E-state index contributed by atoms with van der Waals surface area (Å²) in [6.07, 6.45) is 4.55. The second kappa shape index (κ2) is 12.9. The van der Waals surface area contributed by atoms with E-state index in [9.17, 15) is 10.1 Å². The van der Waals surface area contributed by atoms with Gasteiger partial charge in [-0.2, -0.15) is 0 Å². The first-order valence-corrected chi connectivity index (χ1v) is 11.5. The standard InChI is InChI=1S/C12H16N2O4.C12H18N2O2/c1-13-12-10(14(15)16)5-2-6-11(12)18-8-9-4-3-7-17-9;1-14-12-10(13)5-2-6-11(12)16-8-9-4-3-7-15-9/h2,5-6,9,13H,3-4,7-8H2,1H3;2,5-6,9,14H,3-4,7-8,13H2,1H3/t2*9-/m00/s1. The molecule has 0 bridgehead atoms. The minimum absolute atomic E-state index is 0.0161. The molecule has 186 valence electrons. The van der Waals surface area contributed by atoms with Crippen molar-refractivity contribution >= 4 is 22.7 Å². The van der Waals surface area contributed by atoms with E-state index in [4.69, 9.17) is 24.7 Å². The maximum absolute atomic E-state index is 10.9. The van der Waals surface area contributed by atoms with Gasteiger partial charge in [-0.15, -0.1) is 0 Å². The maximum Gasteiger partial charge on any atom is 0.296 e. The molecule has 0 spiro atoms. The highest BCUT2D eigenvalue weighted by Crippen LogP contribution is 2.34. The molecule has 2 aliphatic heterocycles. The van der Waals surface area contributed by atoms with E-state index in [0.717, 1.165) is 50.3 Å². The Morgan fingerprint density at radius 2 is 1.47 bits per heavy atom. The summed E-state index contributed by atoms with van der Waals surface area (Å²) in [5, 5.41) is 16.7. The Kier molecular flexibility index (Phi) is 9.60. The van der Waals surface area contributed by atoms with Crippen LogP contribution in [0.15, 0.2) is 36.4 Å². The van der Waals surface area contributed by atoms with Crippen LogP contribution in [0.2, 0.25) is 0 Å². The lowest BCUT2D eigenvalue weighted by Gasteiger charge is -2.15. The van der Waals surface area contributed by atoms with Crippen molar-refractivity contribution in [2.75, 3.05) is 56.9 Å². The van der Waals surface area contributed by atoms with Crippen LogP contribution >= 0.6 is 0 Å². The Morgan fingerprint density at radius 1 is 0.941 bits per heavy atom. The molecule has 2 saturated heterocycles. The van der Waals surface area contributed by atoms with Crippen LogP contribution < -0.4 is 25.8 Å². The Morgan fingerprint density at radius 3 is 1.94 bits per heavy atom. The van der Waals surface area contributed by atoms with E-state index in [1.165, 1.54) is 6.07 Å². The molecular weight excluding hydrogens is 440 g/mol. The highest BCUT2D eigenvalue weighted by molar-refractivity contribution is 5.73. The summed E-state index contributed by atoms with van der Waals surface area (Å²) < 4.78 is 22.3. The summed E-state index contributed by atoms with van der Waals surface area (Å²) >= 11 is 0. The fourth-order valence-electron chi connectivity index (χ4n) is 3.90. The molecule has 2 aliphatic rings. The molecule has 2 aromatic carbocycles. The highest BCUT2D eigenvalue weighted by Gasteiger charge is 2.20. The van der Waals surface area contributed by atoms with Crippen molar-refractivity contribution in [1.82, 2.24) is 0 Å². The van der Waals surface area contributed by atoms with Gasteiger partial charge in [-0.25, -0.2) is 0 Å². The van der Waals surface area contributed by atoms with Gasteiger partial charge in [-0.05, 0) is 43.9 Å². The smallest absolute Gasteiger partial charge is 0.296 e. The molecule has 0 aromatic heterocycles. The average Bonchev–Trinajstić information content (AvgIpc) is 3.56. The van der Waals surface area contributed by atoms with Gasteiger partial charge in [-0.1, -0.05) is 12.1 Å². The third-order valence-electron chi connectivity index (χ3n) is 5.66. The number of nitrogens with two attached hydrogens (primary N) is 1. The minimum atomic E-state index is -0.426. The molecule has 2 aromatic rings. The lowest BCUT2D eigenvalue weighted by molar-refractivity contribution is -0.384. The Bertz CT molecular complexity index is 930. The Hall–Kier alpha value is -3.24. The third kappa shape index (κ3) is 6.88. The van der Waals surface area contributed by atoms with Crippen LogP contribution in [0.3, 0.4) is 0 Å². The number of benzene rings is 2. The molecule has 4 N–H and O–H groups in total. The number of rotatable bonds is 9. The zero-order chi connectivity index (χ0) is 24.3. The largest absolute Gasteiger partial charge is 0.489 e. The van der Waals surface area contributed by atoms with Gasteiger partial charge in [0.1, 0.15) is 24.7 Å². The van der Waals surface area contributed by atoms with Gasteiger partial charge in [0, 0.05) is 33.4 Å². The summed E-state index contributed by atoms with van der Waals surface area (Å²) in [5.41, 5.74) is 7.81. The number of hydrogen-bond acceptors (Lipinski definition) is 9. The zero-order valence-electron chi connectivity index (χ0n) is 19.7. The van der Waals surface area contributed by atoms with Crippen molar-refractivity contribution in [3.63, 3.8) is 0 Å². The first-order chi connectivity index (χ1) is 16.5. The van der Waals surface area contributed by atoms with E-state index >= 15 is 0 Å². The number of nitro benzene ring substituents is 1. The summed E-state index contributed by atoms with van der Waals surface area (Å²) in [7, 11) is 3.48. The number of para-hydroxylation sites is 2. The quantitative estimate of drug-likeness (QED) is 0.280. The molecule has 2 fully saturated rings. The molecule has 10 nitrogen and oxygen atoms in total. The highest BCUT2D eigenvalue weighted by atomic mass is 16.6. The number of nitro groups is 1. The van der Waals surface area contributed by atoms with E-state index in [1.807, 2.05) is 25.2 Å². The number of hydrogen-bond donors (Lipinski definition) is 3. The monoisotopic (exact) mass is 474 g/mol. The van der Waals surface area contributed by atoms with Gasteiger partial charge in [-0.3, -0.25) is 10.1 Å². The predicted molar refractivity (Wildman–Crippen MR) is 132 cm³/mol. The van der Waals surface area contributed by atoms with Gasteiger partial charge >= 0.3 is 0 Å². The van der Waals surface area contributed by atoms with E-state index < -0.39 is 4.92 Å². The number of nitrogens with zero attached hydrogens (tertiary/aromatic N) is 1. The van der Waals surface area contributed by atoms with Crippen molar-refractivity contribution in [3.05, 3.63) is 46.5 Å². The maximum atomic E-state index is 10.9. The van der Waals surface area contributed by atoms with E-state index in [1.54, 1.807) is 19.2 Å². The number of nitrogen functional groups attached to an aromatic ring is 1. The summed E-state index contributed by atoms with van der Waals surface area (Å²) in [6, 6.07) is 10.4. The minimum Gasteiger partial charge on any atom is -0.489 e. The number of ether oxygens (including phenoxy) is 4. The van der Waals surface area contributed by atoms with Crippen LogP contribution in [0.4, 0.5) is 22.7 Å². The lowest BCUT2D eigenvalue weighted by atomic mass is 10.2. The molecule has 2 atom stereocenters. The third-order valence-corrected chi connectivity index (χ3v) is 5.66. The summed E-state index contributed by atoms with van der Waals surface area (Å²) in [5.74, 6) is 1.28. The van der Waals surface area contributed by atoms with E-state index in [0.29, 0.717) is 30.3 Å². The molecule has 4 rings (SSSR count). The SMILES string of the molecule is CNc1c(N)cccc1OC[C@@H]1CCCO1.CNc1c(OC[C@@H]2CCCO2)cccc1[N+](=O)[O-]. The molecule has 10 heteroatoms. The molecule has 0 unspecified atom stereocenters. The van der Waals surface area contributed by atoms with Crippen LogP contribution in [0, 0.1) is 10.1 Å². The molecular formula is C24H34N4O6. The summed E-state index contributed by atoms with van der Waals surface area (Å²) in [4.78, 5) is 10.5. The second-order valence-corrected chi connectivity index (χ2v) is 8.02. The van der Waals surface area contributed by atoms with Crippen molar-refractivity contribution in [2.45, 2.75) is 37.9 Å². The summed E-state index contributed by atoms with van der Waals surface area (Å²) in [6.45, 7) is 2.64. The van der Waals surface area contributed by atoms with Crippen molar-refractivity contribution in [1.29, 1.82) is 0 Å². The average molecular weight is 475 g/mol. The first kappa shape index (κ1) is 25.4. The predicted octanol–water partition coefficient (Wildman–Crippen LogP) is 4.06. The molecule has 0 radical (unpaired) electrons. The molecule has 0 aliphatic carbocycles. The fourth-order valence-corrected chi connectivity index (χ4v) is 3.90. The van der Waals surface area contributed by atoms with Gasteiger partial charge in [0.2, 0.25) is 0 Å². The van der Waals surface area contributed by atoms with Crippen LogP contribution in [-0.2, 0) is 9.47 Å². The van der Waals surface area contributed by atoms with Gasteiger partial charge < -0.3 is 35.3 Å². The Balaban J connectivity index is 0.000000192. The van der Waals surface area contributed by atoms with Crippen LogP contribution in [0.25, 0.3) is 0 Å². The van der Waals surface area contributed by atoms with Gasteiger partial charge in [0.25, 0.3) is 5.69 Å². The van der Waals surface area contributed by atoms with Crippen molar-refractivity contribution in [2.24, 2.45) is 0 Å². The second-order valence-electron chi connectivity index (χ2n) is 8.02.